The number of carbonyl (C=O) groups is 1. The zero-order valence-electron chi connectivity index (χ0n) is 12.8. The average Bonchev–Trinajstić information content (AvgIpc) is 3.10. The van der Waals surface area contributed by atoms with Gasteiger partial charge in [-0.15, -0.1) is 0 Å². The first-order chi connectivity index (χ1) is 10.5. The van der Waals surface area contributed by atoms with E-state index in [2.05, 4.69) is 12.1 Å². The molecule has 1 aliphatic rings. The van der Waals surface area contributed by atoms with E-state index < -0.39 is 0 Å². The number of carbonyl (C=O) groups excluding carboxylic acids is 1. The van der Waals surface area contributed by atoms with Gasteiger partial charge < -0.3 is 10.6 Å². The lowest BCUT2D eigenvalue weighted by molar-refractivity contribution is 0.0798. The van der Waals surface area contributed by atoms with E-state index in [-0.39, 0.29) is 5.91 Å². The van der Waals surface area contributed by atoms with Crippen LogP contribution in [0.3, 0.4) is 0 Å². The molecule has 0 unspecified atom stereocenters. The molecule has 1 aromatic carbocycles. The number of hydrogen-bond acceptors (Lipinski definition) is 4. The first-order valence-corrected chi connectivity index (χ1v) is 8.59. The van der Waals surface area contributed by atoms with Gasteiger partial charge in [0.1, 0.15) is 10.7 Å². The highest BCUT2D eigenvalue weighted by molar-refractivity contribution is 7.73. The Labute approximate surface area is 139 Å². The van der Waals surface area contributed by atoms with Crippen molar-refractivity contribution in [2.24, 2.45) is 0 Å². The highest BCUT2D eigenvalue weighted by atomic mass is 32.1. The summed E-state index contributed by atoms with van der Waals surface area (Å²) in [6, 6.07) is 6.16. The lowest BCUT2D eigenvalue weighted by Crippen LogP contribution is -2.27. The molecule has 1 aromatic heterocycles. The summed E-state index contributed by atoms with van der Waals surface area (Å²) in [4.78, 5) is 15.0. The summed E-state index contributed by atoms with van der Waals surface area (Å²) in [5, 5.41) is 0. The van der Waals surface area contributed by atoms with E-state index in [1.165, 1.54) is 11.3 Å². The van der Waals surface area contributed by atoms with Crippen molar-refractivity contribution in [3.05, 3.63) is 38.2 Å². The Morgan fingerprint density at radius 1 is 1.27 bits per heavy atom. The molecule has 22 heavy (non-hydrogen) atoms. The van der Waals surface area contributed by atoms with Gasteiger partial charge in [0.05, 0.1) is 5.69 Å². The van der Waals surface area contributed by atoms with Crippen molar-refractivity contribution in [3.8, 4) is 5.69 Å². The number of hydrogen-bond donors (Lipinski definition) is 1. The zero-order chi connectivity index (χ0) is 15.9. The van der Waals surface area contributed by atoms with Crippen molar-refractivity contribution in [2.45, 2.75) is 26.7 Å². The number of aromatic nitrogens is 1. The number of amides is 1. The second-order valence-corrected chi connectivity index (χ2v) is 7.35. The number of nitrogen functional groups attached to an aromatic ring is 1. The summed E-state index contributed by atoms with van der Waals surface area (Å²) in [6.07, 6.45) is 2.13. The van der Waals surface area contributed by atoms with E-state index >= 15 is 0 Å². The van der Waals surface area contributed by atoms with Crippen LogP contribution in [0, 0.1) is 17.8 Å². The highest BCUT2D eigenvalue weighted by Gasteiger charge is 2.25. The van der Waals surface area contributed by atoms with Crippen LogP contribution in [0.2, 0.25) is 0 Å². The maximum Gasteiger partial charge on any atom is 0.267 e. The van der Waals surface area contributed by atoms with E-state index in [0.29, 0.717) is 14.6 Å². The Morgan fingerprint density at radius 2 is 1.95 bits per heavy atom. The van der Waals surface area contributed by atoms with Crippen LogP contribution >= 0.6 is 23.6 Å². The fraction of sp³-hybridized carbons (Fsp3) is 0.375. The Hall–Kier alpha value is -1.66. The molecule has 2 N–H and O–H groups in total. The third-order valence-electron chi connectivity index (χ3n) is 4.04. The minimum Gasteiger partial charge on any atom is -0.383 e. The molecule has 0 radical (unpaired) electrons. The van der Waals surface area contributed by atoms with Gasteiger partial charge >= 0.3 is 0 Å². The predicted molar refractivity (Wildman–Crippen MR) is 93.5 cm³/mol. The van der Waals surface area contributed by atoms with E-state index in [1.807, 2.05) is 29.4 Å². The van der Waals surface area contributed by atoms with Crippen LogP contribution in [0.5, 0.6) is 0 Å². The van der Waals surface area contributed by atoms with E-state index in [0.717, 1.165) is 42.7 Å². The zero-order valence-corrected chi connectivity index (χ0v) is 14.4. The molecule has 1 fully saturated rings. The van der Waals surface area contributed by atoms with Gasteiger partial charge in [0.25, 0.3) is 5.91 Å². The van der Waals surface area contributed by atoms with E-state index in [4.69, 9.17) is 18.0 Å². The standard InChI is InChI=1S/C16H19N3OS2/c1-10-5-6-11(2)12(9-10)19-14(17)13(22-16(19)21)15(20)18-7-3-4-8-18/h5-6,9H,3-4,7-8,17H2,1-2H3. The minimum atomic E-state index is 0.00940. The summed E-state index contributed by atoms with van der Waals surface area (Å²) < 4.78 is 2.44. The quantitative estimate of drug-likeness (QED) is 0.853. The molecule has 2 heterocycles. The van der Waals surface area contributed by atoms with Crippen LogP contribution < -0.4 is 5.73 Å². The van der Waals surface area contributed by atoms with Crippen LogP contribution in [0.15, 0.2) is 18.2 Å². The van der Waals surface area contributed by atoms with Gasteiger partial charge in [-0.2, -0.15) is 0 Å². The topological polar surface area (TPSA) is 51.3 Å². The number of nitrogens with zero attached hydrogens (tertiary/aromatic N) is 2. The molecular weight excluding hydrogens is 314 g/mol. The smallest absolute Gasteiger partial charge is 0.267 e. The Kier molecular flexibility index (Phi) is 4.06. The summed E-state index contributed by atoms with van der Waals surface area (Å²) >= 11 is 6.78. The highest BCUT2D eigenvalue weighted by Crippen LogP contribution is 2.30. The summed E-state index contributed by atoms with van der Waals surface area (Å²) in [5.41, 5.74) is 9.47. The van der Waals surface area contributed by atoms with Crippen molar-refractivity contribution < 1.29 is 4.79 Å². The molecule has 4 nitrogen and oxygen atoms in total. The van der Waals surface area contributed by atoms with Crippen LogP contribution in [0.4, 0.5) is 5.82 Å². The number of thiazole rings is 1. The number of aryl methyl sites for hydroxylation is 2. The van der Waals surface area contributed by atoms with Crippen molar-refractivity contribution in [1.29, 1.82) is 0 Å². The Bertz CT molecular complexity index is 785. The Balaban J connectivity index is 2.09. The molecule has 0 spiro atoms. The van der Waals surface area contributed by atoms with Gasteiger partial charge in [0.2, 0.25) is 0 Å². The van der Waals surface area contributed by atoms with Gasteiger partial charge in [-0.05, 0) is 56.1 Å². The number of anilines is 1. The number of benzene rings is 1. The molecule has 1 saturated heterocycles. The normalized spacial score (nSPS) is 14.5. The van der Waals surface area contributed by atoms with Gasteiger partial charge in [0.15, 0.2) is 3.95 Å². The first kappa shape index (κ1) is 15.2. The number of rotatable bonds is 2. The van der Waals surface area contributed by atoms with E-state index in [9.17, 15) is 4.79 Å². The predicted octanol–water partition coefficient (Wildman–Crippen LogP) is 3.70. The molecule has 2 aromatic rings. The molecular formula is C16H19N3OS2. The van der Waals surface area contributed by atoms with Crippen LogP contribution in [0.1, 0.15) is 33.6 Å². The minimum absolute atomic E-state index is 0.00940. The number of likely N-dealkylation sites (tertiary alicyclic amines) is 1. The summed E-state index contributed by atoms with van der Waals surface area (Å²) in [6.45, 7) is 5.68. The van der Waals surface area contributed by atoms with Crippen molar-refractivity contribution in [3.63, 3.8) is 0 Å². The largest absolute Gasteiger partial charge is 0.383 e. The van der Waals surface area contributed by atoms with E-state index in [1.54, 1.807) is 0 Å². The van der Waals surface area contributed by atoms with Crippen LogP contribution in [0.25, 0.3) is 5.69 Å². The van der Waals surface area contributed by atoms with Gasteiger partial charge in [0, 0.05) is 13.1 Å². The third-order valence-corrected chi connectivity index (χ3v) is 5.42. The Morgan fingerprint density at radius 3 is 2.64 bits per heavy atom. The molecule has 0 aliphatic carbocycles. The van der Waals surface area contributed by atoms with Crippen molar-refractivity contribution in [1.82, 2.24) is 9.47 Å². The molecule has 3 rings (SSSR count). The lowest BCUT2D eigenvalue weighted by atomic mass is 10.1. The SMILES string of the molecule is Cc1ccc(C)c(-n2c(N)c(C(=O)N3CCCC3)sc2=S)c1. The molecule has 116 valence electrons. The summed E-state index contributed by atoms with van der Waals surface area (Å²) in [7, 11) is 0. The molecule has 1 amide bonds. The van der Waals surface area contributed by atoms with Gasteiger partial charge in [-0.25, -0.2) is 0 Å². The molecule has 0 bridgehead atoms. The fourth-order valence-electron chi connectivity index (χ4n) is 2.79. The maximum absolute atomic E-state index is 12.6. The van der Waals surface area contributed by atoms with Crippen molar-refractivity contribution in [2.75, 3.05) is 18.8 Å². The van der Waals surface area contributed by atoms with Crippen molar-refractivity contribution >= 4 is 35.3 Å². The van der Waals surface area contributed by atoms with Crippen LogP contribution in [-0.4, -0.2) is 28.5 Å². The van der Waals surface area contributed by atoms with Gasteiger partial charge in [-0.3, -0.25) is 9.36 Å². The molecule has 0 atom stereocenters. The third kappa shape index (κ3) is 2.57. The second-order valence-electron chi connectivity index (χ2n) is 5.71. The lowest BCUT2D eigenvalue weighted by Gasteiger charge is -2.15. The molecule has 6 heteroatoms. The molecule has 1 aliphatic heterocycles. The van der Waals surface area contributed by atoms with Gasteiger partial charge in [-0.1, -0.05) is 23.5 Å². The monoisotopic (exact) mass is 333 g/mol. The van der Waals surface area contributed by atoms with Crippen LogP contribution in [-0.2, 0) is 0 Å². The second kappa shape index (κ2) is 5.85. The maximum atomic E-state index is 12.6. The average molecular weight is 333 g/mol. The fourth-order valence-corrected chi connectivity index (χ4v) is 4.11. The number of nitrogens with two attached hydrogens (primary N) is 1. The molecule has 0 saturated carbocycles. The summed E-state index contributed by atoms with van der Waals surface area (Å²) in [5.74, 6) is 0.468. The first-order valence-electron chi connectivity index (χ1n) is 7.37.